The van der Waals surface area contributed by atoms with E-state index in [0.29, 0.717) is 18.8 Å². The molecule has 1 saturated heterocycles. The summed E-state index contributed by atoms with van der Waals surface area (Å²) in [6.45, 7) is 2.50. The fraction of sp³-hybridized carbons (Fsp3) is 0.818. The number of hydrogen-bond acceptors (Lipinski definition) is 4. The van der Waals surface area contributed by atoms with Gasteiger partial charge in [0.1, 0.15) is 0 Å². The van der Waals surface area contributed by atoms with E-state index in [1.165, 1.54) is 25.7 Å². The molecule has 6 heteroatoms. The van der Waals surface area contributed by atoms with Crippen molar-refractivity contribution in [3.8, 4) is 0 Å². The molecule has 5 atom stereocenters. The van der Waals surface area contributed by atoms with Gasteiger partial charge in [-0.3, -0.25) is 9.59 Å². The molecular formula is C22H37N3O3. The summed E-state index contributed by atoms with van der Waals surface area (Å²) in [7, 11) is 0. The lowest BCUT2D eigenvalue weighted by atomic mass is 9.72. The summed E-state index contributed by atoms with van der Waals surface area (Å²) in [5.74, 6) is 1.57. The molecule has 28 heavy (non-hydrogen) atoms. The summed E-state index contributed by atoms with van der Waals surface area (Å²) in [6.07, 6.45) is 12.2. The Kier molecular flexibility index (Phi) is 7.52. The number of nitrogens with zero attached hydrogens (tertiary/aromatic N) is 1. The number of hydrogen-bond donors (Lipinski definition) is 3. The minimum atomic E-state index is -0.695. The molecule has 0 spiro atoms. The number of piperidine rings is 1. The Labute approximate surface area is 168 Å². The lowest BCUT2D eigenvalue weighted by Gasteiger charge is -2.39. The zero-order chi connectivity index (χ0) is 20.1. The molecule has 5 unspecified atom stereocenters. The number of amides is 2. The van der Waals surface area contributed by atoms with Crippen LogP contribution in [0.25, 0.3) is 0 Å². The van der Waals surface area contributed by atoms with Gasteiger partial charge >= 0.3 is 0 Å². The van der Waals surface area contributed by atoms with Crippen molar-refractivity contribution in [3.63, 3.8) is 0 Å². The summed E-state index contributed by atoms with van der Waals surface area (Å²) in [5, 5.41) is 10.1. The van der Waals surface area contributed by atoms with Gasteiger partial charge in [0.2, 0.25) is 11.8 Å². The highest BCUT2D eigenvalue weighted by molar-refractivity contribution is 5.87. The third-order valence-corrected chi connectivity index (χ3v) is 7.41. The van der Waals surface area contributed by atoms with Crippen molar-refractivity contribution in [2.45, 2.75) is 63.9 Å². The second-order valence-electron chi connectivity index (χ2n) is 9.20. The van der Waals surface area contributed by atoms with Gasteiger partial charge in [-0.05, 0) is 81.2 Å². The standard InChI is InChI=1S/C22H37N3O3/c23-14-16-2-1-3-18(12-16)17-8-10-25(11-9-17)21(27)7-5-15-4-6-19(22(24)28)20(26)13-15/h5,7,15-20,26H,1-4,6,8-14,23H2,(H2,24,28)/b7-5+. The maximum atomic E-state index is 12.6. The van der Waals surface area contributed by atoms with Gasteiger partial charge in [0.15, 0.2) is 0 Å². The molecule has 0 radical (unpaired) electrons. The zero-order valence-corrected chi connectivity index (χ0v) is 17.0. The van der Waals surface area contributed by atoms with Crippen molar-refractivity contribution < 1.29 is 14.7 Å². The Balaban J connectivity index is 1.43. The van der Waals surface area contributed by atoms with Gasteiger partial charge in [-0.15, -0.1) is 0 Å². The second kappa shape index (κ2) is 9.88. The molecule has 158 valence electrons. The van der Waals surface area contributed by atoms with Gasteiger partial charge in [0.05, 0.1) is 12.0 Å². The van der Waals surface area contributed by atoms with Crippen molar-refractivity contribution >= 4 is 11.8 Å². The molecule has 3 rings (SSSR count). The minimum absolute atomic E-state index is 0.0773. The first-order valence-corrected chi connectivity index (χ1v) is 11.1. The van der Waals surface area contributed by atoms with Gasteiger partial charge in [0.25, 0.3) is 0 Å². The highest BCUT2D eigenvalue weighted by Crippen LogP contribution is 2.38. The van der Waals surface area contributed by atoms with Crippen LogP contribution in [0.5, 0.6) is 0 Å². The molecule has 6 nitrogen and oxygen atoms in total. The van der Waals surface area contributed by atoms with Gasteiger partial charge < -0.3 is 21.5 Å². The highest BCUT2D eigenvalue weighted by Gasteiger charge is 2.33. The number of carbonyl (C=O) groups is 2. The molecule has 1 heterocycles. The van der Waals surface area contributed by atoms with E-state index in [-0.39, 0.29) is 11.8 Å². The smallest absolute Gasteiger partial charge is 0.246 e. The first-order chi connectivity index (χ1) is 13.5. The Morgan fingerprint density at radius 2 is 1.75 bits per heavy atom. The van der Waals surface area contributed by atoms with E-state index in [4.69, 9.17) is 11.5 Å². The minimum Gasteiger partial charge on any atom is -0.392 e. The Morgan fingerprint density at radius 3 is 2.39 bits per heavy atom. The summed E-state index contributed by atoms with van der Waals surface area (Å²) in [5.41, 5.74) is 11.2. The molecule has 2 amide bonds. The quantitative estimate of drug-likeness (QED) is 0.621. The summed E-state index contributed by atoms with van der Waals surface area (Å²) in [6, 6.07) is 0. The van der Waals surface area contributed by atoms with Crippen LogP contribution in [-0.2, 0) is 9.59 Å². The van der Waals surface area contributed by atoms with Crippen LogP contribution >= 0.6 is 0 Å². The molecule has 2 aliphatic carbocycles. The predicted octanol–water partition coefficient (Wildman–Crippen LogP) is 1.81. The number of aliphatic hydroxyl groups is 1. The first kappa shape index (κ1) is 21.3. The number of allylic oxidation sites excluding steroid dienone is 1. The number of aliphatic hydroxyl groups excluding tert-OH is 1. The fourth-order valence-corrected chi connectivity index (χ4v) is 5.57. The van der Waals surface area contributed by atoms with Gasteiger partial charge in [0, 0.05) is 13.1 Å². The van der Waals surface area contributed by atoms with Crippen LogP contribution in [0, 0.1) is 29.6 Å². The van der Waals surface area contributed by atoms with Crippen molar-refractivity contribution in [2.24, 2.45) is 41.1 Å². The van der Waals surface area contributed by atoms with E-state index < -0.39 is 17.9 Å². The normalized spacial score (nSPS) is 35.2. The molecule has 0 aromatic carbocycles. The highest BCUT2D eigenvalue weighted by atomic mass is 16.3. The Morgan fingerprint density at radius 1 is 1.00 bits per heavy atom. The molecule has 3 aliphatic rings. The molecule has 5 N–H and O–H groups in total. The molecule has 3 fully saturated rings. The van der Waals surface area contributed by atoms with Crippen LogP contribution in [-0.4, -0.2) is 47.6 Å². The number of likely N-dealkylation sites (tertiary alicyclic amines) is 1. The van der Waals surface area contributed by atoms with Crippen LogP contribution in [0.2, 0.25) is 0 Å². The summed E-state index contributed by atoms with van der Waals surface area (Å²) >= 11 is 0. The summed E-state index contributed by atoms with van der Waals surface area (Å²) < 4.78 is 0. The van der Waals surface area contributed by atoms with E-state index in [1.54, 1.807) is 6.08 Å². The van der Waals surface area contributed by atoms with Crippen molar-refractivity contribution in [3.05, 3.63) is 12.2 Å². The molecule has 0 bridgehead atoms. The van der Waals surface area contributed by atoms with Crippen LogP contribution < -0.4 is 11.5 Å². The van der Waals surface area contributed by atoms with Crippen molar-refractivity contribution in [1.29, 1.82) is 0 Å². The Bertz CT molecular complexity index is 571. The predicted molar refractivity (Wildman–Crippen MR) is 109 cm³/mol. The third-order valence-electron chi connectivity index (χ3n) is 7.41. The maximum Gasteiger partial charge on any atom is 0.246 e. The average molecular weight is 392 g/mol. The number of nitrogens with two attached hydrogens (primary N) is 2. The lowest BCUT2D eigenvalue weighted by molar-refractivity contribution is -0.128. The van der Waals surface area contributed by atoms with Gasteiger partial charge in [-0.2, -0.15) is 0 Å². The monoisotopic (exact) mass is 391 g/mol. The summed E-state index contributed by atoms with van der Waals surface area (Å²) in [4.78, 5) is 25.8. The maximum absolute atomic E-state index is 12.6. The topological polar surface area (TPSA) is 110 Å². The molecule has 0 aromatic heterocycles. The van der Waals surface area contributed by atoms with Crippen molar-refractivity contribution in [1.82, 2.24) is 4.90 Å². The molecule has 0 aromatic rings. The van der Waals surface area contributed by atoms with E-state index >= 15 is 0 Å². The number of primary amides is 1. The van der Waals surface area contributed by atoms with E-state index in [9.17, 15) is 14.7 Å². The van der Waals surface area contributed by atoms with E-state index in [1.807, 2.05) is 11.0 Å². The number of rotatable bonds is 5. The zero-order valence-electron chi connectivity index (χ0n) is 17.0. The van der Waals surface area contributed by atoms with Crippen molar-refractivity contribution in [2.75, 3.05) is 19.6 Å². The largest absolute Gasteiger partial charge is 0.392 e. The molecular weight excluding hydrogens is 354 g/mol. The molecule has 2 saturated carbocycles. The Hall–Kier alpha value is -1.40. The van der Waals surface area contributed by atoms with Gasteiger partial charge in [-0.25, -0.2) is 0 Å². The third kappa shape index (κ3) is 5.35. The second-order valence-corrected chi connectivity index (χ2v) is 9.20. The molecule has 1 aliphatic heterocycles. The van der Waals surface area contributed by atoms with Crippen LogP contribution in [0.15, 0.2) is 12.2 Å². The van der Waals surface area contributed by atoms with E-state index in [0.717, 1.165) is 50.7 Å². The van der Waals surface area contributed by atoms with E-state index in [2.05, 4.69) is 0 Å². The van der Waals surface area contributed by atoms with Crippen LogP contribution in [0.3, 0.4) is 0 Å². The average Bonchev–Trinajstić information content (AvgIpc) is 2.72. The first-order valence-electron chi connectivity index (χ1n) is 11.1. The SMILES string of the molecule is NCC1CCCC(C2CCN(C(=O)/C=C/C3CCC(C(N)=O)C(O)C3)CC2)C1. The lowest BCUT2D eigenvalue weighted by Crippen LogP contribution is -2.40. The fourth-order valence-electron chi connectivity index (χ4n) is 5.57. The van der Waals surface area contributed by atoms with Gasteiger partial charge in [-0.1, -0.05) is 18.9 Å². The van der Waals surface area contributed by atoms with Crippen LogP contribution in [0.1, 0.15) is 57.8 Å². The van der Waals surface area contributed by atoms with Crippen LogP contribution in [0.4, 0.5) is 0 Å². The number of carbonyl (C=O) groups excluding carboxylic acids is 2.